The van der Waals surface area contributed by atoms with Crippen LogP contribution in [0.1, 0.15) is 12.8 Å². The molecule has 4 rings (SSSR count). The van der Waals surface area contributed by atoms with Gasteiger partial charge in [0.1, 0.15) is 0 Å². The molecule has 1 N–H and O–H groups in total. The van der Waals surface area contributed by atoms with Crippen molar-refractivity contribution in [3.8, 4) is 11.1 Å². The lowest BCUT2D eigenvalue weighted by atomic mass is 10.0. The fourth-order valence-electron chi connectivity index (χ4n) is 2.49. The number of hydrogen-bond donors (Lipinski definition) is 1. The number of anilines is 1. The summed E-state index contributed by atoms with van der Waals surface area (Å²) in [7, 11) is 0. The number of fused-ring (bicyclic) bond motifs is 1. The second-order valence-corrected chi connectivity index (χ2v) is 5.68. The molecule has 0 spiro atoms. The molecule has 1 aliphatic rings. The Kier molecular flexibility index (Phi) is 3.03. The average Bonchev–Trinajstić information content (AvgIpc) is 3.37. The summed E-state index contributed by atoms with van der Waals surface area (Å²) in [4.78, 5) is 8.83. The summed E-state index contributed by atoms with van der Waals surface area (Å²) in [6.45, 7) is 0.995. The number of rotatable bonds is 4. The van der Waals surface area contributed by atoms with Crippen molar-refractivity contribution in [2.45, 2.75) is 12.8 Å². The zero-order valence-electron chi connectivity index (χ0n) is 11.8. The van der Waals surface area contributed by atoms with Gasteiger partial charge < -0.3 is 5.32 Å². The van der Waals surface area contributed by atoms with Gasteiger partial charge in [-0.3, -0.25) is 0 Å². The van der Waals surface area contributed by atoms with E-state index in [2.05, 4.69) is 57.7 Å². The molecule has 0 atom stereocenters. The second-order valence-electron chi connectivity index (χ2n) is 5.68. The van der Waals surface area contributed by atoms with E-state index in [4.69, 9.17) is 0 Å². The molecule has 21 heavy (non-hydrogen) atoms. The third-order valence-electron chi connectivity index (χ3n) is 3.98. The van der Waals surface area contributed by atoms with Gasteiger partial charge in [0.2, 0.25) is 5.95 Å². The van der Waals surface area contributed by atoms with Gasteiger partial charge in [0.05, 0.1) is 0 Å². The highest BCUT2D eigenvalue weighted by Crippen LogP contribution is 2.28. The Bertz CT molecular complexity index is 761. The maximum Gasteiger partial charge on any atom is 0.222 e. The van der Waals surface area contributed by atoms with Gasteiger partial charge in [-0.25, -0.2) is 9.97 Å². The van der Waals surface area contributed by atoms with Crippen LogP contribution in [0, 0.1) is 5.92 Å². The molecule has 3 aromatic rings. The molecule has 0 aliphatic heterocycles. The Labute approximate surface area is 124 Å². The Morgan fingerprint density at radius 1 is 0.905 bits per heavy atom. The molecule has 2 aromatic carbocycles. The van der Waals surface area contributed by atoms with E-state index >= 15 is 0 Å². The third-order valence-corrected chi connectivity index (χ3v) is 3.98. The van der Waals surface area contributed by atoms with Gasteiger partial charge in [0.15, 0.2) is 0 Å². The first-order valence-electron chi connectivity index (χ1n) is 7.43. The minimum absolute atomic E-state index is 0.728. The molecule has 0 saturated heterocycles. The van der Waals surface area contributed by atoms with Crippen LogP contribution in [0.5, 0.6) is 0 Å². The molecule has 1 aromatic heterocycles. The van der Waals surface area contributed by atoms with E-state index < -0.39 is 0 Å². The number of benzene rings is 2. The predicted molar refractivity (Wildman–Crippen MR) is 86.2 cm³/mol. The fourth-order valence-corrected chi connectivity index (χ4v) is 2.49. The van der Waals surface area contributed by atoms with E-state index in [1.165, 1.54) is 23.6 Å². The number of nitrogens with zero attached hydrogens (tertiary/aromatic N) is 2. The van der Waals surface area contributed by atoms with Crippen molar-refractivity contribution in [3.63, 3.8) is 0 Å². The lowest BCUT2D eigenvalue weighted by Gasteiger charge is -2.06. The van der Waals surface area contributed by atoms with Gasteiger partial charge in [-0.2, -0.15) is 0 Å². The molecule has 1 saturated carbocycles. The first-order valence-corrected chi connectivity index (χ1v) is 7.43. The summed E-state index contributed by atoms with van der Waals surface area (Å²) >= 11 is 0. The molecule has 0 unspecified atom stereocenters. The summed E-state index contributed by atoms with van der Waals surface area (Å²) in [6, 6.07) is 14.8. The average molecular weight is 275 g/mol. The van der Waals surface area contributed by atoms with Crippen LogP contribution in [0.25, 0.3) is 21.9 Å². The van der Waals surface area contributed by atoms with Crippen LogP contribution < -0.4 is 5.32 Å². The molecule has 0 radical (unpaired) electrons. The van der Waals surface area contributed by atoms with E-state index in [-0.39, 0.29) is 0 Å². The topological polar surface area (TPSA) is 37.8 Å². The van der Waals surface area contributed by atoms with E-state index in [1.54, 1.807) is 0 Å². The fraction of sp³-hybridized carbons (Fsp3) is 0.222. The molecule has 1 aliphatic carbocycles. The Hall–Kier alpha value is -2.42. The summed E-state index contributed by atoms with van der Waals surface area (Å²) < 4.78 is 0. The van der Waals surface area contributed by atoms with Crippen LogP contribution in [0.4, 0.5) is 5.95 Å². The largest absolute Gasteiger partial charge is 0.354 e. The first-order chi connectivity index (χ1) is 10.4. The van der Waals surface area contributed by atoms with Crippen LogP contribution in [0.3, 0.4) is 0 Å². The van der Waals surface area contributed by atoms with Crippen molar-refractivity contribution in [2.75, 3.05) is 11.9 Å². The van der Waals surface area contributed by atoms with E-state index in [1.807, 2.05) is 12.4 Å². The van der Waals surface area contributed by atoms with E-state index in [0.29, 0.717) is 0 Å². The van der Waals surface area contributed by atoms with Crippen molar-refractivity contribution in [1.82, 2.24) is 9.97 Å². The maximum absolute atomic E-state index is 4.41. The molecule has 3 heteroatoms. The first kappa shape index (κ1) is 12.3. The third kappa shape index (κ3) is 2.72. The predicted octanol–water partition coefficient (Wildman–Crippen LogP) is 4.12. The number of nitrogens with one attached hydrogen (secondary N) is 1. The van der Waals surface area contributed by atoms with Crippen molar-refractivity contribution < 1.29 is 0 Å². The van der Waals surface area contributed by atoms with Crippen LogP contribution in [-0.2, 0) is 0 Å². The molecular formula is C18H17N3. The van der Waals surface area contributed by atoms with E-state index in [9.17, 15) is 0 Å². The van der Waals surface area contributed by atoms with Gasteiger partial charge in [0.25, 0.3) is 0 Å². The van der Waals surface area contributed by atoms with Crippen LogP contribution in [0.2, 0.25) is 0 Å². The Morgan fingerprint density at radius 3 is 2.43 bits per heavy atom. The summed E-state index contributed by atoms with van der Waals surface area (Å²) in [5.74, 6) is 1.56. The van der Waals surface area contributed by atoms with Gasteiger partial charge in [-0.05, 0) is 41.2 Å². The number of aromatic nitrogens is 2. The molecule has 1 heterocycles. The molecule has 0 bridgehead atoms. The number of hydrogen-bond acceptors (Lipinski definition) is 3. The summed E-state index contributed by atoms with van der Waals surface area (Å²) in [5, 5.41) is 5.79. The van der Waals surface area contributed by atoms with E-state index in [0.717, 1.165) is 29.5 Å². The Morgan fingerprint density at radius 2 is 1.67 bits per heavy atom. The quantitative estimate of drug-likeness (QED) is 0.778. The lowest BCUT2D eigenvalue weighted by Crippen LogP contribution is -2.06. The Balaban J connectivity index is 1.58. The summed E-state index contributed by atoms with van der Waals surface area (Å²) in [6.07, 6.45) is 6.46. The monoisotopic (exact) mass is 275 g/mol. The molecule has 3 nitrogen and oxygen atoms in total. The lowest BCUT2D eigenvalue weighted by molar-refractivity contribution is 0.873. The van der Waals surface area contributed by atoms with Crippen LogP contribution in [-0.4, -0.2) is 16.5 Å². The minimum Gasteiger partial charge on any atom is -0.354 e. The van der Waals surface area contributed by atoms with Crippen molar-refractivity contribution in [3.05, 3.63) is 54.9 Å². The van der Waals surface area contributed by atoms with Gasteiger partial charge in [0, 0.05) is 24.5 Å². The van der Waals surface area contributed by atoms with Gasteiger partial charge in [-0.1, -0.05) is 36.4 Å². The van der Waals surface area contributed by atoms with Gasteiger partial charge in [-0.15, -0.1) is 0 Å². The molecule has 0 amide bonds. The zero-order chi connectivity index (χ0) is 14.1. The highest BCUT2D eigenvalue weighted by Gasteiger charge is 2.20. The zero-order valence-corrected chi connectivity index (χ0v) is 11.8. The highest BCUT2D eigenvalue weighted by atomic mass is 15.1. The maximum atomic E-state index is 4.41. The molecular weight excluding hydrogens is 258 g/mol. The van der Waals surface area contributed by atoms with Crippen LogP contribution >= 0.6 is 0 Å². The van der Waals surface area contributed by atoms with Crippen molar-refractivity contribution in [2.24, 2.45) is 5.92 Å². The second kappa shape index (κ2) is 5.17. The normalized spacial score (nSPS) is 14.3. The molecule has 1 fully saturated rings. The van der Waals surface area contributed by atoms with Crippen molar-refractivity contribution >= 4 is 16.7 Å². The smallest absolute Gasteiger partial charge is 0.222 e. The summed E-state index contributed by atoms with van der Waals surface area (Å²) in [5.41, 5.74) is 2.21. The highest BCUT2D eigenvalue weighted by molar-refractivity contribution is 5.87. The van der Waals surface area contributed by atoms with Crippen LogP contribution in [0.15, 0.2) is 54.9 Å². The SMILES string of the molecule is c1ccc2cc(-c3cnc(NCC4CC4)nc3)ccc2c1. The molecule has 104 valence electrons. The standard InChI is InChI=1S/C18H17N3/c1-2-4-15-9-16(8-7-14(15)3-1)17-11-20-18(21-12-17)19-10-13-5-6-13/h1-4,7-9,11-13H,5-6,10H2,(H,19,20,21). The minimum atomic E-state index is 0.728. The van der Waals surface area contributed by atoms with Gasteiger partial charge >= 0.3 is 0 Å². The van der Waals surface area contributed by atoms with Crippen molar-refractivity contribution in [1.29, 1.82) is 0 Å².